The predicted octanol–water partition coefficient (Wildman–Crippen LogP) is 2.38. The van der Waals surface area contributed by atoms with Crippen LogP contribution in [0.4, 0.5) is 10.8 Å². The number of nitriles is 1. The van der Waals surface area contributed by atoms with Crippen LogP contribution >= 0.6 is 11.3 Å². The summed E-state index contributed by atoms with van der Waals surface area (Å²) in [5.41, 5.74) is 1.43. The Morgan fingerprint density at radius 3 is 2.95 bits per heavy atom. The van der Waals surface area contributed by atoms with E-state index in [9.17, 15) is 20.2 Å². The van der Waals surface area contributed by atoms with E-state index < -0.39 is 10.8 Å². The van der Waals surface area contributed by atoms with Crippen molar-refractivity contribution in [1.82, 2.24) is 10.2 Å². The molecule has 0 aromatic carbocycles. The minimum Gasteiger partial charge on any atom is -0.358 e. The number of hydrogen-bond donors (Lipinski definition) is 2. The van der Waals surface area contributed by atoms with Gasteiger partial charge in [0, 0.05) is 4.88 Å². The highest BCUT2D eigenvalue weighted by atomic mass is 32.1. The molecule has 1 aliphatic rings. The van der Waals surface area contributed by atoms with Gasteiger partial charge in [-0.15, -0.1) is 16.4 Å². The highest BCUT2D eigenvalue weighted by molar-refractivity contribution is 7.16. The van der Waals surface area contributed by atoms with Crippen LogP contribution in [0.5, 0.6) is 0 Å². The van der Waals surface area contributed by atoms with Crippen molar-refractivity contribution in [3.8, 4) is 6.07 Å². The summed E-state index contributed by atoms with van der Waals surface area (Å²) < 4.78 is 0. The Labute approximate surface area is 128 Å². The van der Waals surface area contributed by atoms with Crippen LogP contribution < -0.4 is 5.32 Å². The van der Waals surface area contributed by atoms with Gasteiger partial charge in [0.15, 0.2) is 5.69 Å². The Balaban J connectivity index is 1.86. The highest BCUT2D eigenvalue weighted by Crippen LogP contribution is 2.37. The normalized spacial score (nSPS) is 13.2. The second-order valence-corrected chi connectivity index (χ2v) is 5.98. The van der Waals surface area contributed by atoms with Gasteiger partial charge in [-0.1, -0.05) is 5.10 Å². The molecule has 0 spiro atoms. The topological polar surface area (TPSA) is 125 Å². The molecule has 0 aliphatic heterocycles. The van der Waals surface area contributed by atoms with E-state index in [0.29, 0.717) is 10.6 Å². The molecule has 0 unspecified atom stereocenters. The molecular weight excluding hydrogens is 306 g/mol. The van der Waals surface area contributed by atoms with Crippen molar-refractivity contribution in [3.63, 3.8) is 0 Å². The van der Waals surface area contributed by atoms with Gasteiger partial charge in [-0.2, -0.15) is 5.26 Å². The van der Waals surface area contributed by atoms with E-state index in [1.807, 2.05) is 0 Å². The van der Waals surface area contributed by atoms with Crippen LogP contribution in [0.1, 0.15) is 39.3 Å². The number of carbonyl (C=O) groups excluding carboxylic acids is 1. The van der Waals surface area contributed by atoms with Crippen LogP contribution in [0.3, 0.4) is 0 Å². The lowest BCUT2D eigenvalue weighted by molar-refractivity contribution is -0.389. The van der Waals surface area contributed by atoms with Crippen molar-refractivity contribution in [2.24, 2.45) is 0 Å². The first kappa shape index (κ1) is 14.2. The Hall–Kier alpha value is -2.73. The summed E-state index contributed by atoms with van der Waals surface area (Å²) in [4.78, 5) is 23.2. The van der Waals surface area contributed by atoms with E-state index >= 15 is 0 Å². The number of aromatic nitrogens is 2. The van der Waals surface area contributed by atoms with Gasteiger partial charge in [0.1, 0.15) is 11.1 Å². The lowest BCUT2D eigenvalue weighted by Gasteiger charge is -2.09. The zero-order chi connectivity index (χ0) is 15.7. The molecule has 0 atom stereocenters. The van der Waals surface area contributed by atoms with E-state index in [-0.39, 0.29) is 11.5 Å². The minimum atomic E-state index is -0.658. The van der Waals surface area contributed by atoms with Crippen LogP contribution in [0.25, 0.3) is 0 Å². The lowest BCUT2D eigenvalue weighted by Crippen LogP contribution is -2.12. The van der Waals surface area contributed by atoms with Crippen molar-refractivity contribution < 1.29 is 9.72 Å². The van der Waals surface area contributed by atoms with Gasteiger partial charge < -0.3 is 15.4 Å². The van der Waals surface area contributed by atoms with Gasteiger partial charge >= 0.3 is 5.82 Å². The number of nitro groups is 1. The van der Waals surface area contributed by atoms with Crippen LogP contribution in [-0.2, 0) is 12.8 Å². The fourth-order valence-electron chi connectivity index (χ4n) is 2.46. The number of nitrogens with one attached hydrogen (secondary N) is 2. The smallest absolute Gasteiger partial charge is 0.343 e. The standard InChI is InChI=1S/C13H11N5O3S/c14-6-8-7-3-1-2-4-10(7)22-13(8)15-12(19)9-5-11(17-16-9)18(20)21/h5H,1-4H2,(H,15,19)(H,16,17). The average Bonchev–Trinajstić information content (AvgIpc) is 3.11. The van der Waals surface area contributed by atoms with E-state index in [1.165, 1.54) is 11.3 Å². The molecule has 2 N–H and O–H groups in total. The number of nitrogens with zero attached hydrogens (tertiary/aromatic N) is 3. The molecule has 2 aromatic rings. The van der Waals surface area contributed by atoms with Gasteiger partial charge in [-0.05, 0) is 36.2 Å². The van der Waals surface area contributed by atoms with Gasteiger partial charge in [0.25, 0.3) is 5.91 Å². The average molecular weight is 317 g/mol. The van der Waals surface area contributed by atoms with Crippen molar-refractivity contribution in [1.29, 1.82) is 5.26 Å². The molecule has 112 valence electrons. The third kappa shape index (κ3) is 2.44. The number of aromatic amines is 1. The maximum absolute atomic E-state index is 12.1. The van der Waals surface area contributed by atoms with Crippen molar-refractivity contribution in [2.45, 2.75) is 25.7 Å². The number of anilines is 1. The Kier molecular flexibility index (Phi) is 3.60. The van der Waals surface area contributed by atoms with Crippen LogP contribution in [-0.4, -0.2) is 21.0 Å². The van der Waals surface area contributed by atoms with E-state index in [0.717, 1.165) is 42.2 Å². The van der Waals surface area contributed by atoms with Gasteiger partial charge in [-0.3, -0.25) is 4.79 Å². The maximum Gasteiger partial charge on any atom is 0.343 e. The van der Waals surface area contributed by atoms with Crippen molar-refractivity contribution in [3.05, 3.63) is 37.9 Å². The monoisotopic (exact) mass is 317 g/mol. The SMILES string of the molecule is N#Cc1c(NC(=O)c2cc([N+](=O)[O-])[nH]n2)sc2c1CCCC2. The Morgan fingerprint density at radius 1 is 1.50 bits per heavy atom. The molecule has 9 heteroatoms. The quantitative estimate of drug-likeness (QED) is 0.664. The third-order valence-electron chi connectivity index (χ3n) is 3.50. The third-order valence-corrected chi connectivity index (χ3v) is 4.71. The first-order chi connectivity index (χ1) is 10.6. The lowest BCUT2D eigenvalue weighted by atomic mass is 9.96. The Morgan fingerprint density at radius 2 is 2.27 bits per heavy atom. The van der Waals surface area contributed by atoms with Crippen molar-refractivity contribution >= 4 is 28.1 Å². The molecule has 3 rings (SSSR count). The molecule has 8 nitrogen and oxygen atoms in total. The zero-order valence-corrected chi connectivity index (χ0v) is 12.2. The summed E-state index contributed by atoms with van der Waals surface area (Å²) in [7, 11) is 0. The van der Waals surface area contributed by atoms with Gasteiger partial charge in [0.05, 0.1) is 11.6 Å². The number of fused-ring (bicyclic) bond motifs is 1. The number of rotatable bonds is 3. The second kappa shape index (κ2) is 5.57. The molecule has 2 aromatic heterocycles. The predicted molar refractivity (Wildman–Crippen MR) is 78.9 cm³/mol. The largest absolute Gasteiger partial charge is 0.358 e. The molecule has 0 radical (unpaired) electrons. The molecule has 1 aliphatic carbocycles. The molecule has 0 fully saturated rings. The summed E-state index contributed by atoms with van der Waals surface area (Å²) in [6, 6.07) is 3.21. The zero-order valence-electron chi connectivity index (χ0n) is 11.4. The second-order valence-electron chi connectivity index (χ2n) is 4.88. The minimum absolute atomic E-state index is 0.0815. The summed E-state index contributed by atoms with van der Waals surface area (Å²) in [5, 5.41) is 28.8. The number of amides is 1. The maximum atomic E-state index is 12.1. The summed E-state index contributed by atoms with van der Waals surface area (Å²) in [6.45, 7) is 0. The van der Waals surface area contributed by atoms with E-state index in [2.05, 4.69) is 21.6 Å². The molecule has 0 saturated carbocycles. The first-order valence-electron chi connectivity index (χ1n) is 6.66. The van der Waals surface area contributed by atoms with Gasteiger partial charge in [0.2, 0.25) is 0 Å². The number of carbonyl (C=O) groups is 1. The Bertz CT molecular complexity index is 801. The molecule has 22 heavy (non-hydrogen) atoms. The summed E-state index contributed by atoms with van der Waals surface area (Å²) >= 11 is 1.40. The highest BCUT2D eigenvalue weighted by Gasteiger charge is 2.23. The van der Waals surface area contributed by atoms with E-state index in [4.69, 9.17) is 0 Å². The van der Waals surface area contributed by atoms with Crippen molar-refractivity contribution in [2.75, 3.05) is 5.32 Å². The fraction of sp³-hybridized carbons (Fsp3) is 0.308. The summed E-state index contributed by atoms with van der Waals surface area (Å²) in [6.07, 6.45) is 3.88. The number of H-pyrrole nitrogens is 1. The summed E-state index contributed by atoms with van der Waals surface area (Å²) in [5.74, 6) is -0.921. The van der Waals surface area contributed by atoms with Gasteiger partial charge in [-0.25, -0.2) is 0 Å². The first-order valence-corrected chi connectivity index (χ1v) is 7.47. The van der Waals surface area contributed by atoms with Crippen LogP contribution in [0.15, 0.2) is 6.07 Å². The number of hydrogen-bond acceptors (Lipinski definition) is 6. The molecule has 2 heterocycles. The van der Waals surface area contributed by atoms with Crippen LogP contribution in [0, 0.1) is 21.4 Å². The van der Waals surface area contributed by atoms with Crippen LogP contribution in [0.2, 0.25) is 0 Å². The molecular formula is C13H11N5O3S. The number of thiophene rings is 1. The number of aryl methyl sites for hydroxylation is 1. The fourth-order valence-corrected chi connectivity index (χ4v) is 3.70. The van der Waals surface area contributed by atoms with E-state index in [1.54, 1.807) is 0 Å². The molecule has 1 amide bonds. The molecule has 0 bridgehead atoms. The molecule has 0 saturated heterocycles.